The second-order valence-electron chi connectivity index (χ2n) is 7.92. The SMILES string of the molecule is COc1cc(OC)cc(OCc2ccc(CCN3CCN(c4ccccn4)CC3)cc2)c1.Cl. The molecule has 1 aliphatic rings. The van der Waals surface area contributed by atoms with Gasteiger partial charge in [0.15, 0.2) is 0 Å². The zero-order valence-electron chi connectivity index (χ0n) is 19.3. The van der Waals surface area contributed by atoms with Gasteiger partial charge in [-0.25, -0.2) is 4.98 Å². The van der Waals surface area contributed by atoms with Crippen molar-refractivity contribution in [3.63, 3.8) is 0 Å². The van der Waals surface area contributed by atoms with E-state index in [0.29, 0.717) is 6.61 Å². The summed E-state index contributed by atoms with van der Waals surface area (Å²) in [6.07, 6.45) is 2.92. The van der Waals surface area contributed by atoms with Crippen LogP contribution in [-0.2, 0) is 13.0 Å². The molecule has 2 aromatic carbocycles. The summed E-state index contributed by atoms with van der Waals surface area (Å²) in [6.45, 7) is 5.80. The molecule has 1 aromatic heterocycles. The highest BCUT2D eigenvalue weighted by Crippen LogP contribution is 2.28. The van der Waals surface area contributed by atoms with Crippen molar-refractivity contribution in [3.05, 3.63) is 78.0 Å². The molecule has 1 fully saturated rings. The number of benzene rings is 2. The zero-order chi connectivity index (χ0) is 22.2. The van der Waals surface area contributed by atoms with E-state index in [4.69, 9.17) is 14.2 Å². The van der Waals surface area contributed by atoms with Gasteiger partial charge < -0.3 is 19.1 Å². The predicted molar refractivity (Wildman–Crippen MR) is 134 cm³/mol. The topological polar surface area (TPSA) is 47.1 Å². The molecule has 0 N–H and O–H groups in total. The minimum absolute atomic E-state index is 0. The Morgan fingerprint density at radius 1 is 0.788 bits per heavy atom. The van der Waals surface area contributed by atoms with E-state index in [-0.39, 0.29) is 12.4 Å². The minimum Gasteiger partial charge on any atom is -0.496 e. The molecule has 0 amide bonds. The van der Waals surface area contributed by atoms with Gasteiger partial charge in [0, 0.05) is 57.1 Å². The number of rotatable bonds is 9. The standard InChI is InChI=1S/C26H31N3O3.ClH/c1-30-23-17-24(31-2)19-25(18-23)32-20-22-8-6-21(7-9-22)10-12-28-13-15-29(16-14-28)26-5-3-4-11-27-26;/h3-9,11,17-19H,10,12-16,20H2,1-2H3;1H. The summed E-state index contributed by atoms with van der Waals surface area (Å²) in [4.78, 5) is 9.36. The normalized spacial score (nSPS) is 13.8. The van der Waals surface area contributed by atoms with E-state index in [2.05, 4.69) is 51.2 Å². The van der Waals surface area contributed by atoms with Gasteiger partial charge in [-0.2, -0.15) is 0 Å². The summed E-state index contributed by atoms with van der Waals surface area (Å²) in [7, 11) is 3.27. The number of piperazine rings is 1. The summed E-state index contributed by atoms with van der Waals surface area (Å²) < 4.78 is 16.5. The highest BCUT2D eigenvalue weighted by molar-refractivity contribution is 5.85. The molecule has 176 valence electrons. The van der Waals surface area contributed by atoms with Gasteiger partial charge in [0.25, 0.3) is 0 Å². The monoisotopic (exact) mass is 469 g/mol. The van der Waals surface area contributed by atoms with E-state index in [1.165, 1.54) is 5.56 Å². The molecule has 1 saturated heterocycles. The van der Waals surface area contributed by atoms with Crippen LogP contribution in [0.15, 0.2) is 66.9 Å². The molecular weight excluding hydrogens is 438 g/mol. The Balaban J connectivity index is 0.00000306. The summed E-state index contributed by atoms with van der Waals surface area (Å²) >= 11 is 0. The number of nitrogens with zero attached hydrogens (tertiary/aromatic N) is 3. The van der Waals surface area contributed by atoms with E-state index in [9.17, 15) is 0 Å². The van der Waals surface area contributed by atoms with Crippen LogP contribution in [0, 0.1) is 0 Å². The first-order valence-electron chi connectivity index (χ1n) is 11.1. The van der Waals surface area contributed by atoms with Gasteiger partial charge in [-0.15, -0.1) is 12.4 Å². The Morgan fingerprint density at radius 3 is 2.03 bits per heavy atom. The van der Waals surface area contributed by atoms with Crippen LogP contribution in [0.25, 0.3) is 0 Å². The molecule has 3 aromatic rings. The van der Waals surface area contributed by atoms with Crippen molar-refractivity contribution in [2.45, 2.75) is 13.0 Å². The first kappa shape index (κ1) is 24.7. The van der Waals surface area contributed by atoms with Crippen LogP contribution in [0.3, 0.4) is 0 Å². The van der Waals surface area contributed by atoms with Crippen molar-refractivity contribution in [1.29, 1.82) is 0 Å². The van der Waals surface area contributed by atoms with Crippen LogP contribution in [0.1, 0.15) is 11.1 Å². The fraction of sp³-hybridized carbons (Fsp3) is 0.346. The molecule has 0 unspecified atom stereocenters. The van der Waals surface area contributed by atoms with Gasteiger partial charge in [-0.3, -0.25) is 4.90 Å². The van der Waals surface area contributed by atoms with E-state index < -0.39 is 0 Å². The van der Waals surface area contributed by atoms with E-state index in [1.54, 1.807) is 14.2 Å². The lowest BCUT2D eigenvalue weighted by Crippen LogP contribution is -2.47. The van der Waals surface area contributed by atoms with Gasteiger partial charge >= 0.3 is 0 Å². The molecule has 0 bridgehead atoms. The molecule has 0 atom stereocenters. The number of anilines is 1. The number of halogens is 1. The van der Waals surface area contributed by atoms with Crippen molar-refractivity contribution in [2.24, 2.45) is 0 Å². The maximum Gasteiger partial charge on any atom is 0.128 e. The average Bonchev–Trinajstić information content (AvgIpc) is 2.87. The quantitative estimate of drug-likeness (QED) is 0.461. The molecule has 4 rings (SSSR count). The van der Waals surface area contributed by atoms with Gasteiger partial charge in [0.2, 0.25) is 0 Å². The van der Waals surface area contributed by atoms with Gasteiger partial charge in [0.05, 0.1) is 14.2 Å². The van der Waals surface area contributed by atoms with Crippen molar-refractivity contribution in [3.8, 4) is 17.2 Å². The largest absolute Gasteiger partial charge is 0.496 e. The number of methoxy groups -OCH3 is 2. The third-order valence-corrected chi connectivity index (χ3v) is 5.82. The lowest BCUT2D eigenvalue weighted by molar-refractivity contribution is 0.260. The summed E-state index contributed by atoms with van der Waals surface area (Å²) in [5.41, 5.74) is 2.49. The van der Waals surface area contributed by atoms with Gasteiger partial charge in [-0.05, 0) is 29.7 Å². The second kappa shape index (κ2) is 12.3. The molecule has 33 heavy (non-hydrogen) atoms. The van der Waals surface area contributed by atoms with Crippen LogP contribution in [0.5, 0.6) is 17.2 Å². The molecule has 0 radical (unpaired) electrons. The van der Waals surface area contributed by atoms with Crippen molar-refractivity contribution in [1.82, 2.24) is 9.88 Å². The summed E-state index contributed by atoms with van der Waals surface area (Å²) in [6, 6.07) is 20.4. The number of hydrogen-bond acceptors (Lipinski definition) is 6. The molecule has 0 aliphatic carbocycles. The smallest absolute Gasteiger partial charge is 0.128 e. The van der Waals surface area contributed by atoms with Crippen LogP contribution in [0.2, 0.25) is 0 Å². The number of pyridine rings is 1. The van der Waals surface area contributed by atoms with Crippen LogP contribution in [0.4, 0.5) is 5.82 Å². The zero-order valence-corrected chi connectivity index (χ0v) is 20.1. The second-order valence-corrected chi connectivity index (χ2v) is 7.92. The van der Waals surface area contributed by atoms with E-state index in [0.717, 1.165) is 67.8 Å². The van der Waals surface area contributed by atoms with Crippen LogP contribution >= 0.6 is 12.4 Å². The van der Waals surface area contributed by atoms with E-state index in [1.807, 2.05) is 30.5 Å². The lowest BCUT2D eigenvalue weighted by atomic mass is 10.1. The molecule has 1 aliphatic heterocycles. The Kier molecular flexibility index (Phi) is 9.22. The highest BCUT2D eigenvalue weighted by atomic mass is 35.5. The molecule has 2 heterocycles. The third kappa shape index (κ3) is 7.01. The Bertz CT molecular complexity index is 956. The van der Waals surface area contributed by atoms with Crippen molar-refractivity contribution in [2.75, 3.05) is 51.8 Å². The van der Waals surface area contributed by atoms with Gasteiger partial charge in [0.1, 0.15) is 29.7 Å². The highest BCUT2D eigenvalue weighted by Gasteiger charge is 2.17. The molecule has 0 saturated carbocycles. The predicted octanol–water partition coefficient (Wildman–Crippen LogP) is 4.46. The maximum atomic E-state index is 5.94. The molecule has 0 spiro atoms. The Morgan fingerprint density at radius 2 is 1.42 bits per heavy atom. The lowest BCUT2D eigenvalue weighted by Gasteiger charge is -2.35. The Hall–Kier alpha value is -2.96. The fourth-order valence-corrected chi connectivity index (χ4v) is 3.86. The van der Waals surface area contributed by atoms with Crippen molar-refractivity contribution < 1.29 is 14.2 Å². The van der Waals surface area contributed by atoms with Crippen molar-refractivity contribution >= 4 is 18.2 Å². The van der Waals surface area contributed by atoms with Crippen LogP contribution < -0.4 is 19.1 Å². The third-order valence-electron chi connectivity index (χ3n) is 5.82. The molecule has 6 nitrogen and oxygen atoms in total. The summed E-state index contributed by atoms with van der Waals surface area (Å²) in [5.74, 6) is 3.25. The molecule has 7 heteroatoms. The first-order valence-corrected chi connectivity index (χ1v) is 11.1. The van der Waals surface area contributed by atoms with E-state index >= 15 is 0 Å². The van der Waals surface area contributed by atoms with Gasteiger partial charge in [-0.1, -0.05) is 30.3 Å². The number of aromatic nitrogens is 1. The first-order chi connectivity index (χ1) is 15.7. The maximum absolute atomic E-state index is 5.94. The fourth-order valence-electron chi connectivity index (χ4n) is 3.86. The minimum atomic E-state index is 0. The number of hydrogen-bond donors (Lipinski definition) is 0. The molecular formula is C26H32ClN3O3. The van der Waals surface area contributed by atoms with Crippen LogP contribution in [-0.4, -0.2) is 56.8 Å². The number of ether oxygens (including phenoxy) is 3. The summed E-state index contributed by atoms with van der Waals surface area (Å²) in [5, 5.41) is 0. The average molecular weight is 470 g/mol. The Labute approximate surface area is 202 Å².